The Kier molecular flexibility index (Phi) is 4.77. The van der Waals surface area contributed by atoms with Gasteiger partial charge in [-0.2, -0.15) is 5.10 Å². The number of methoxy groups -OCH3 is 1. The van der Waals surface area contributed by atoms with Crippen molar-refractivity contribution in [2.45, 2.75) is 32.1 Å². The predicted octanol–water partition coefficient (Wildman–Crippen LogP) is 4.81. The number of amides is 1. The van der Waals surface area contributed by atoms with Crippen molar-refractivity contribution < 1.29 is 14.3 Å². The number of hydrogen-bond acceptors (Lipinski definition) is 4. The zero-order valence-electron chi connectivity index (χ0n) is 16.2. The van der Waals surface area contributed by atoms with E-state index in [2.05, 4.69) is 35.4 Å². The van der Waals surface area contributed by atoms with Crippen LogP contribution in [0.25, 0.3) is 0 Å². The number of hydrogen-bond donors (Lipinski definition) is 2. The van der Waals surface area contributed by atoms with Crippen molar-refractivity contribution in [3.63, 3.8) is 0 Å². The van der Waals surface area contributed by atoms with Crippen molar-refractivity contribution in [1.29, 1.82) is 0 Å². The molecule has 2 N–H and O–H groups in total. The Morgan fingerprint density at radius 1 is 1.14 bits per heavy atom. The van der Waals surface area contributed by atoms with Crippen LogP contribution in [0.1, 0.15) is 48.8 Å². The van der Waals surface area contributed by atoms with Crippen LogP contribution in [0.15, 0.2) is 48.7 Å². The molecule has 0 radical (unpaired) electrons. The normalized spacial score (nSPS) is 15.9. The van der Waals surface area contributed by atoms with Crippen LogP contribution in [-0.4, -0.2) is 23.2 Å². The van der Waals surface area contributed by atoms with Gasteiger partial charge in [-0.25, -0.2) is 0 Å². The van der Waals surface area contributed by atoms with Crippen LogP contribution in [0.5, 0.6) is 17.2 Å². The van der Waals surface area contributed by atoms with Gasteiger partial charge in [-0.3, -0.25) is 9.89 Å². The van der Waals surface area contributed by atoms with E-state index in [1.54, 1.807) is 7.11 Å². The fraction of sp³-hybridized carbons (Fsp3) is 0.273. The van der Waals surface area contributed by atoms with Gasteiger partial charge in [0.05, 0.1) is 7.11 Å². The number of H-pyrrole nitrogens is 1. The molecule has 0 saturated heterocycles. The highest BCUT2D eigenvalue weighted by Crippen LogP contribution is 2.40. The molecule has 28 heavy (non-hydrogen) atoms. The topological polar surface area (TPSA) is 76.2 Å². The molecule has 1 amide bonds. The zero-order valence-corrected chi connectivity index (χ0v) is 16.2. The van der Waals surface area contributed by atoms with Gasteiger partial charge >= 0.3 is 0 Å². The minimum absolute atomic E-state index is 0.0469. The average Bonchev–Trinajstić information content (AvgIpc) is 3.16. The van der Waals surface area contributed by atoms with Crippen molar-refractivity contribution in [1.82, 2.24) is 10.2 Å². The summed E-state index contributed by atoms with van der Waals surface area (Å²) in [6.45, 7) is 4.30. The van der Waals surface area contributed by atoms with Gasteiger partial charge in [0, 0.05) is 24.1 Å². The minimum Gasteiger partial charge on any atom is -0.493 e. The second-order valence-corrected chi connectivity index (χ2v) is 7.23. The fourth-order valence-corrected chi connectivity index (χ4v) is 3.49. The van der Waals surface area contributed by atoms with E-state index >= 15 is 0 Å². The van der Waals surface area contributed by atoms with Crippen molar-refractivity contribution in [2.75, 3.05) is 12.4 Å². The van der Waals surface area contributed by atoms with Gasteiger partial charge in [0.2, 0.25) is 5.91 Å². The van der Waals surface area contributed by atoms with Crippen LogP contribution in [0, 0.1) is 0 Å². The third-order valence-electron chi connectivity index (χ3n) is 5.04. The Labute approximate surface area is 163 Å². The van der Waals surface area contributed by atoms with Gasteiger partial charge in [-0.05, 0) is 41.3 Å². The van der Waals surface area contributed by atoms with Gasteiger partial charge in [0.1, 0.15) is 5.75 Å². The molecule has 0 spiro atoms. The van der Waals surface area contributed by atoms with Crippen LogP contribution >= 0.6 is 0 Å². The molecule has 1 atom stereocenters. The van der Waals surface area contributed by atoms with E-state index in [0.717, 1.165) is 16.9 Å². The predicted molar refractivity (Wildman–Crippen MR) is 107 cm³/mol. The third kappa shape index (κ3) is 3.45. The van der Waals surface area contributed by atoms with Crippen LogP contribution in [0.3, 0.4) is 0 Å². The number of nitrogens with zero attached hydrogens (tertiary/aromatic N) is 1. The van der Waals surface area contributed by atoms with E-state index in [1.165, 1.54) is 5.56 Å². The molecule has 0 aliphatic carbocycles. The molecule has 1 aliphatic heterocycles. The molecule has 144 valence electrons. The molecule has 0 saturated carbocycles. The van der Waals surface area contributed by atoms with Crippen molar-refractivity contribution in [2.24, 2.45) is 0 Å². The Bertz CT molecular complexity index is 1010. The lowest BCUT2D eigenvalue weighted by molar-refractivity contribution is -0.116. The molecule has 1 unspecified atom stereocenters. The molecule has 3 aromatic rings. The second kappa shape index (κ2) is 7.38. The van der Waals surface area contributed by atoms with Crippen LogP contribution in [-0.2, 0) is 4.79 Å². The van der Waals surface area contributed by atoms with E-state index in [4.69, 9.17) is 9.47 Å². The summed E-state index contributed by atoms with van der Waals surface area (Å²) < 4.78 is 11.7. The SMILES string of the molecule is COc1cc(C2CC(=O)Nc3n[nH]cc32)ccc1Oc1cccc(C(C)C)c1. The highest BCUT2D eigenvalue weighted by molar-refractivity contribution is 5.94. The number of rotatable bonds is 5. The summed E-state index contributed by atoms with van der Waals surface area (Å²) in [7, 11) is 1.62. The molecule has 2 heterocycles. The first-order valence-corrected chi connectivity index (χ1v) is 9.34. The van der Waals surface area contributed by atoms with Gasteiger partial charge in [-0.15, -0.1) is 0 Å². The number of carbonyl (C=O) groups excluding carboxylic acids is 1. The number of carbonyl (C=O) groups is 1. The average molecular weight is 377 g/mol. The number of fused-ring (bicyclic) bond motifs is 1. The van der Waals surface area contributed by atoms with Crippen molar-refractivity contribution >= 4 is 11.7 Å². The molecule has 4 rings (SSSR count). The van der Waals surface area contributed by atoms with Crippen LogP contribution in [0.2, 0.25) is 0 Å². The lowest BCUT2D eigenvalue weighted by Gasteiger charge is -2.23. The Hall–Kier alpha value is -3.28. The van der Waals surface area contributed by atoms with E-state index in [9.17, 15) is 4.79 Å². The largest absolute Gasteiger partial charge is 0.493 e. The fourth-order valence-electron chi connectivity index (χ4n) is 3.49. The molecule has 1 aromatic heterocycles. The van der Waals surface area contributed by atoms with Crippen molar-refractivity contribution in [3.05, 3.63) is 65.4 Å². The number of nitrogens with one attached hydrogen (secondary N) is 2. The number of benzene rings is 2. The molecular weight excluding hydrogens is 354 g/mol. The van der Waals surface area contributed by atoms with Gasteiger partial charge in [-0.1, -0.05) is 32.0 Å². The van der Waals surface area contributed by atoms with E-state index in [-0.39, 0.29) is 11.8 Å². The number of anilines is 1. The standard InChI is InChI=1S/C22H23N3O3/c1-13(2)14-5-4-6-16(9-14)28-19-8-7-15(10-20(19)27-3)17-11-21(26)24-22-18(17)12-23-25-22/h4-10,12-13,17H,11H2,1-3H3,(H2,23,24,25,26). The highest BCUT2D eigenvalue weighted by Gasteiger charge is 2.29. The van der Waals surface area contributed by atoms with E-state index in [1.807, 2.05) is 42.6 Å². The van der Waals surface area contributed by atoms with E-state index < -0.39 is 0 Å². The first-order valence-electron chi connectivity index (χ1n) is 9.34. The van der Waals surface area contributed by atoms with Gasteiger partial charge in [0.15, 0.2) is 17.3 Å². The summed E-state index contributed by atoms with van der Waals surface area (Å²) >= 11 is 0. The highest BCUT2D eigenvalue weighted by atomic mass is 16.5. The first-order chi connectivity index (χ1) is 13.5. The Morgan fingerprint density at radius 2 is 2.00 bits per heavy atom. The lowest BCUT2D eigenvalue weighted by atomic mass is 9.87. The summed E-state index contributed by atoms with van der Waals surface area (Å²) in [5, 5.41) is 9.72. The van der Waals surface area contributed by atoms with Crippen molar-refractivity contribution in [3.8, 4) is 17.2 Å². The summed E-state index contributed by atoms with van der Waals surface area (Å²) in [5.41, 5.74) is 3.17. The maximum atomic E-state index is 12.0. The number of ether oxygens (including phenoxy) is 2. The summed E-state index contributed by atoms with van der Waals surface area (Å²) in [6, 6.07) is 13.9. The summed E-state index contributed by atoms with van der Waals surface area (Å²) in [4.78, 5) is 12.0. The second-order valence-electron chi connectivity index (χ2n) is 7.23. The summed E-state index contributed by atoms with van der Waals surface area (Å²) in [5.74, 6) is 2.93. The van der Waals surface area contributed by atoms with Crippen LogP contribution < -0.4 is 14.8 Å². The Balaban J connectivity index is 1.64. The quantitative estimate of drug-likeness (QED) is 0.669. The maximum Gasteiger partial charge on any atom is 0.226 e. The first kappa shape index (κ1) is 18.1. The molecule has 2 aromatic carbocycles. The smallest absolute Gasteiger partial charge is 0.226 e. The van der Waals surface area contributed by atoms with Gasteiger partial charge in [0.25, 0.3) is 0 Å². The molecule has 0 fully saturated rings. The molecule has 0 bridgehead atoms. The number of aromatic amines is 1. The van der Waals surface area contributed by atoms with Crippen LogP contribution in [0.4, 0.5) is 5.82 Å². The molecule has 1 aliphatic rings. The molecule has 6 nitrogen and oxygen atoms in total. The molecule has 6 heteroatoms. The minimum atomic E-state index is -0.0743. The monoisotopic (exact) mass is 377 g/mol. The maximum absolute atomic E-state index is 12.0. The lowest BCUT2D eigenvalue weighted by Crippen LogP contribution is -2.22. The van der Waals surface area contributed by atoms with E-state index in [0.29, 0.717) is 29.7 Å². The summed E-state index contributed by atoms with van der Waals surface area (Å²) in [6.07, 6.45) is 2.19. The zero-order chi connectivity index (χ0) is 19.7. The number of aromatic nitrogens is 2. The third-order valence-corrected chi connectivity index (χ3v) is 5.04. The molecular formula is C22H23N3O3. The Morgan fingerprint density at radius 3 is 2.79 bits per heavy atom. The van der Waals surface area contributed by atoms with Gasteiger partial charge < -0.3 is 14.8 Å².